The summed E-state index contributed by atoms with van der Waals surface area (Å²) in [6.45, 7) is 0. The molecule has 1 N–H and O–H groups in total. The summed E-state index contributed by atoms with van der Waals surface area (Å²) in [6.07, 6.45) is 0.0311. The molecule has 0 saturated carbocycles. The van der Waals surface area contributed by atoms with E-state index >= 15 is 0 Å². The molecule has 0 radical (unpaired) electrons. The molecule has 0 aromatic heterocycles. The molecular weight excluding hydrogens is 302 g/mol. The fraction of sp³-hybridized carbons (Fsp3) is 0.133. The lowest BCUT2D eigenvalue weighted by Gasteiger charge is -2.14. The summed E-state index contributed by atoms with van der Waals surface area (Å²) in [5, 5.41) is 9.84. The Kier molecular flexibility index (Phi) is 4.63. The molecule has 2 rings (SSSR count). The largest absolute Gasteiger partial charge is 0.481 e. The molecule has 0 fully saturated rings. The Morgan fingerprint density at radius 3 is 2.40 bits per heavy atom. The van der Waals surface area contributed by atoms with E-state index in [0.717, 1.165) is 0 Å². The Morgan fingerprint density at radius 1 is 1.15 bits per heavy atom. The van der Waals surface area contributed by atoms with Crippen LogP contribution in [0.25, 0.3) is 0 Å². The zero-order valence-corrected chi connectivity index (χ0v) is 11.8. The predicted octanol–water partition coefficient (Wildman–Crippen LogP) is 4.54. The summed E-state index contributed by atoms with van der Waals surface area (Å²) in [6, 6.07) is 11.0. The second-order valence-electron chi connectivity index (χ2n) is 4.36. The SMILES string of the molecule is O=C(O)C(Cc1cccc(Cl)c1F)c1ccc(Cl)cc1. The fourth-order valence-corrected chi connectivity index (χ4v) is 2.29. The van der Waals surface area contributed by atoms with Crippen LogP contribution in [0.1, 0.15) is 17.0 Å². The van der Waals surface area contributed by atoms with E-state index in [1.165, 1.54) is 12.1 Å². The number of hydrogen-bond acceptors (Lipinski definition) is 1. The summed E-state index contributed by atoms with van der Waals surface area (Å²) in [7, 11) is 0. The third kappa shape index (κ3) is 3.30. The smallest absolute Gasteiger partial charge is 0.311 e. The second-order valence-corrected chi connectivity index (χ2v) is 5.20. The maximum atomic E-state index is 13.9. The van der Waals surface area contributed by atoms with Crippen molar-refractivity contribution < 1.29 is 14.3 Å². The highest BCUT2D eigenvalue weighted by Gasteiger charge is 2.22. The zero-order valence-electron chi connectivity index (χ0n) is 10.3. The molecule has 2 aromatic rings. The van der Waals surface area contributed by atoms with Gasteiger partial charge in [0.05, 0.1) is 10.9 Å². The van der Waals surface area contributed by atoms with Gasteiger partial charge >= 0.3 is 5.97 Å². The van der Waals surface area contributed by atoms with E-state index in [0.29, 0.717) is 10.6 Å². The average molecular weight is 313 g/mol. The zero-order chi connectivity index (χ0) is 14.7. The average Bonchev–Trinajstić information content (AvgIpc) is 2.41. The maximum Gasteiger partial charge on any atom is 0.311 e. The van der Waals surface area contributed by atoms with Crippen molar-refractivity contribution in [1.82, 2.24) is 0 Å². The molecule has 0 amide bonds. The van der Waals surface area contributed by atoms with Gasteiger partial charge in [0.15, 0.2) is 0 Å². The number of carbonyl (C=O) groups is 1. The van der Waals surface area contributed by atoms with Crippen LogP contribution in [0, 0.1) is 5.82 Å². The molecule has 0 saturated heterocycles. The van der Waals surface area contributed by atoms with E-state index in [1.54, 1.807) is 30.3 Å². The molecule has 0 bridgehead atoms. The molecule has 104 valence electrons. The first-order chi connectivity index (χ1) is 9.49. The van der Waals surface area contributed by atoms with Crippen LogP contribution in [0.2, 0.25) is 10.0 Å². The minimum Gasteiger partial charge on any atom is -0.481 e. The number of benzene rings is 2. The first-order valence-corrected chi connectivity index (χ1v) is 6.66. The summed E-state index contributed by atoms with van der Waals surface area (Å²) >= 11 is 11.5. The van der Waals surface area contributed by atoms with E-state index in [-0.39, 0.29) is 17.0 Å². The van der Waals surface area contributed by atoms with E-state index in [1.807, 2.05) is 0 Å². The molecule has 0 aliphatic carbocycles. The Morgan fingerprint density at radius 2 is 1.80 bits per heavy atom. The van der Waals surface area contributed by atoms with E-state index < -0.39 is 17.7 Å². The number of carboxylic acids is 1. The van der Waals surface area contributed by atoms with Crippen molar-refractivity contribution in [2.45, 2.75) is 12.3 Å². The molecule has 2 aromatic carbocycles. The highest BCUT2D eigenvalue weighted by atomic mass is 35.5. The lowest BCUT2D eigenvalue weighted by Crippen LogP contribution is -2.15. The predicted molar refractivity (Wildman–Crippen MR) is 76.9 cm³/mol. The fourth-order valence-electron chi connectivity index (χ4n) is 1.97. The van der Waals surface area contributed by atoms with Gasteiger partial charge in [-0.2, -0.15) is 0 Å². The van der Waals surface area contributed by atoms with Gasteiger partial charge in [0, 0.05) is 5.02 Å². The molecule has 1 unspecified atom stereocenters. The maximum absolute atomic E-state index is 13.9. The van der Waals surface area contributed by atoms with Crippen molar-refractivity contribution in [1.29, 1.82) is 0 Å². The number of hydrogen-bond donors (Lipinski definition) is 1. The number of aliphatic carboxylic acids is 1. The molecule has 5 heteroatoms. The van der Waals surface area contributed by atoms with Crippen LogP contribution < -0.4 is 0 Å². The standard InChI is InChI=1S/C15H11Cl2FO2/c16-11-6-4-9(5-7-11)12(15(19)20)8-10-2-1-3-13(17)14(10)18/h1-7,12H,8H2,(H,19,20). The lowest BCUT2D eigenvalue weighted by atomic mass is 9.92. The lowest BCUT2D eigenvalue weighted by molar-refractivity contribution is -0.138. The van der Waals surface area contributed by atoms with Crippen molar-refractivity contribution in [3.05, 3.63) is 69.5 Å². The van der Waals surface area contributed by atoms with Gasteiger partial charge in [-0.05, 0) is 35.7 Å². The summed E-state index contributed by atoms with van der Waals surface area (Å²) < 4.78 is 13.9. The monoisotopic (exact) mass is 312 g/mol. The first kappa shape index (κ1) is 14.8. The highest BCUT2D eigenvalue weighted by Crippen LogP contribution is 2.26. The number of halogens is 3. The van der Waals surface area contributed by atoms with Crippen LogP contribution in [0.15, 0.2) is 42.5 Å². The molecule has 0 heterocycles. The molecule has 0 aliphatic rings. The summed E-state index contributed by atoms with van der Waals surface area (Å²) in [4.78, 5) is 11.4. The van der Waals surface area contributed by atoms with Crippen molar-refractivity contribution in [3.63, 3.8) is 0 Å². The van der Waals surface area contributed by atoms with Gasteiger partial charge in [0.25, 0.3) is 0 Å². The van der Waals surface area contributed by atoms with Gasteiger partial charge < -0.3 is 5.11 Å². The molecule has 2 nitrogen and oxygen atoms in total. The van der Waals surface area contributed by atoms with Crippen LogP contribution >= 0.6 is 23.2 Å². The van der Waals surface area contributed by atoms with E-state index in [9.17, 15) is 14.3 Å². The van der Waals surface area contributed by atoms with Crippen LogP contribution in [-0.2, 0) is 11.2 Å². The molecule has 20 heavy (non-hydrogen) atoms. The molecule has 0 aliphatic heterocycles. The highest BCUT2D eigenvalue weighted by molar-refractivity contribution is 6.31. The third-order valence-electron chi connectivity index (χ3n) is 3.03. The van der Waals surface area contributed by atoms with Crippen molar-refractivity contribution in [3.8, 4) is 0 Å². The first-order valence-electron chi connectivity index (χ1n) is 5.90. The van der Waals surface area contributed by atoms with Crippen LogP contribution in [-0.4, -0.2) is 11.1 Å². The van der Waals surface area contributed by atoms with Crippen LogP contribution in [0.3, 0.4) is 0 Å². The number of carboxylic acid groups (broad SMARTS) is 1. The number of rotatable bonds is 4. The third-order valence-corrected chi connectivity index (χ3v) is 3.57. The Labute approximate surface area is 125 Å². The molecular formula is C15H11Cl2FO2. The minimum atomic E-state index is -1.02. The molecule has 1 atom stereocenters. The van der Waals surface area contributed by atoms with E-state index in [2.05, 4.69) is 0 Å². The van der Waals surface area contributed by atoms with Gasteiger partial charge in [-0.15, -0.1) is 0 Å². The Balaban J connectivity index is 2.33. The second kappa shape index (κ2) is 6.25. The van der Waals surface area contributed by atoms with Crippen LogP contribution in [0.4, 0.5) is 4.39 Å². The summed E-state index contributed by atoms with van der Waals surface area (Å²) in [5.74, 6) is -2.44. The van der Waals surface area contributed by atoms with E-state index in [4.69, 9.17) is 23.2 Å². The summed E-state index contributed by atoms with van der Waals surface area (Å²) in [5.41, 5.74) is 0.848. The van der Waals surface area contributed by atoms with Crippen molar-refractivity contribution in [2.75, 3.05) is 0 Å². The Bertz CT molecular complexity index is 626. The van der Waals surface area contributed by atoms with Crippen molar-refractivity contribution in [2.24, 2.45) is 0 Å². The van der Waals surface area contributed by atoms with Crippen LogP contribution in [0.5, 0.6) is 0 Å². The van der Waals surface area contributed by atoms with Gasteiger partial charge in [-0.3, -0.25) is 4.79 Å². The minimum absolute atomic E-state index is 0.0113. The van der Waals surface area contributed by atoms with Gasteiger partial charge in [-0.1, -0.05) is 47.5 Å². The topological polar surface area (TPSA) is 37.3 Å². The molecule has 0 spiro atoms. The van der Waals surface area contributed by atoms with Gasteiger partial charge in [0.2, 0.25) is 0 Å². The quantitative estimate of drug-likeness (QED) is 0.899. The Hall–Kier alpha value is -1.58. The van der Waals surface area contributed by atoms with Crippen molar-refractivity contribution >= 4 is 29.2 Å². The van der Waals surface area contributed by atoms with Gasteiger partial charge in [0.1, 0.15) is 5.82 Å². The normalized spacial score (nSPS) is 12.2. The van der Waals surface area contributed by atoms with Gasteiger partial charge in [-0.25, -0.2) is 4.39 Å².